The van der Waals surface area contributed by atoms with E-state index >= 15 is 0 Å². The normalized spacial score (nSPS) is 15.5. The standard InChI is InChI=1S/C18H22ClN5OS/c1-13-12-26-16(22-13)9-21-18(20-2)24-8-7-23(17(25)11-24)10-14-3-5-15(19)6-4-14/h3-6,12H,7-11H2,1-2H3,(H,20,21). The minimum Gasteiger partial charge on any atom is -0.350 e. The molecule has 1 saturated heterocycles. The third-order valence-corrected chi connectivity index (χ3v) is 5.40. The van der Waals surface area contributed by atoms with E-state index in [0.29, 0.717) is 31.2 Å². The monoisotopic (exact) mass is 391 g/mol. The first-order valence-corrected chi connectivity index (χ1v) is 9.69. The summed E-state index contributed by atoms with van der Waals surface area (Å²) in [6, 6.07) is 7.62. The van der Waals surface area contributed by atoms with Crippen LogP contribution in [-0.4, -0.2) is 53.3 Å². The summed E-state index contributed by atoms with van der Waals surface area (Å²) < 4.78 is 0. The molecule has 0 spiro atoms. The predicted molar refractivity (Wildman–Crippen MR) is 105 cm³/mol. The van der Waals surface area contributed by atoms with Gasteiger partial charge in [-0.15, -0.1) is 11.3 Å². The van der Waals surface area contributed by atoms with E-state index in [-0.39, 0.29) is 5.91 Å². The summed E-state index contributed by atoms with van der Waals surface area (Å²) in [5.41, 5.74) is 2.10. The lowest BCUT2D eigenvalue weighted by Gasteiger charge is -2.36. The minimum atomic E-state index is 0.0965. The zero-order valence-electron chi connectivity index (χ0n) is 14.9. The summed E-state index contributed by atoms with van der Waals surface area (Å²) in [6.45, 7) is 4.94. The summed E-state index contributed by atoms with van der Waals surface area (Å²) in [6.07, 6.45) is 0. The Balaban J connectivity index is 1.54. The maximum absolute atomic E-state index is 12.5. The number of hydrogen-bond donors (Lipinski definition) is 1. The Morgan fingerprint density at radius 2 is 2.12 bits per heavy atom. The summed E-state index contributed by atoms with van der Waals surface area (Å²) in [7, 11) is 1.74. The fourth-order valence-corrected chi connectivity index (χ4v) is 3.68. The van der Waals surface area contributed by atoms with Crippen LogP contribution in [0.3, 0.4) is 0 Å². The molecule has 3 rings (SSSR count). The largest absolute Gasteiger partial charge is 0.350 e. The van der Waals surface area contributed by atoms with Gasteiger partial charge in [-0.1, -0.05) is 23.7 Å². The van der Waals surface area contributed by atoms with Crippen LogP contribution in [0.25, 0.3) is 0 Å². The number of rotatable bonds is 4. The van der Waals surface area contributed by atoms with Gasteiger partial charge < -0.3 is 15.1 Å². The van der Waals surface area contributed by atoms with Crippen molar-refractivity contribution in [2.24, 2.45) is 4.99 Å². The van der Waals surface area contributed by atoms with Crippen molar-refractivity contribution in [1.29, 1.82) is 0 Å². The number of guanidine groups is 1. The van der Waals surface area contributed by atoms with Crippen molar-refractivity contribution < 1.29 is 4.79 Å². The number of thiazole rings is 1. The van der Waals surface area contributed by atoms with Crippen LogP contribution >= 0.6 is 22.9 Å². The van der Waals surface area contributed by atoms with Gasteiger partial charge in [0.2, 0.25) is 5.91 Å². The second-order valence-corrected chi connectivity index (χ2v) is 7.53. The van der Waals surface area contributed by atoms with E-state index in [0.717, 1.165) is 28.8 Å². The molecule has 2 aromatic rings. The summed E-state index contributed by atoms with van der Waals surface area (Å²) >= 11 is 7.54. The lowest BCUT2D eigenvalue weighted by Crippen LogP contribution is -2.54. The summed E-state index contributed by atoms with van der Waals surface area (Å²) in [5, 5.41) is 7.04. The number of benzene rings is 1. The Morgan fingerprint density at radius 1 is 1.35 bits per heavy atom. The first kappa shape index (κ1) is 18.7. The Hall–Kier alpha value is -2.12. The Kier molecular flexibility index (Phi) is 6.11. The van der Waals surface area contributed by atoms with Crippen molar-refractivity contribution in [3.05, 3.63) is 50.9 Å². The number of halogens is 1. The fourth-order valence-electron chi connectivity index (χ4n) is 2.84. The van der Waals surface area contributed by atoms with Gasteiger partial charge in [-0.05, 0) is 24.6 Å². The number of nitrogens with zero attached hydrogens (tertiary/aromatic N) is 4. The van der Waals surface area contributed by atoms with Crippen LogP contribution in [0.5, 0.6) is 0 Å². The molecule has 1 amide bonds. The van der Waals surface area contributed by atoms with Crippen LogP contribution in [0.2, 0.25) is 5.02 Å². The fraction of sp³-hybridized carbons (Fsp3) is 0.389. The maximum atomic E-state index is 12.5. The van der Waals surface area contributed by atoms with E-state index in [1.54, 1.807) is 18.4 Å². The highest BCUT2D eigenvalue weighted by Crippen LogP contribution is 2.14. The van der Waals surface area contributed by atoms with Crippen LogP contribution in [-0.2, 0) is 17.9 Å². The Morgan fingerprint density at radius 3 is 2.73 bits per heavy atom. The highest BCUT2D eigenvalue weighted by atomic mass is 35.5. The molecule has 1 N–H and O–H groups in total. The molecule has 1 aliphatic heterocycles. The second kappa shape index (κ2) is 8.51. The van der Waals surface area contributed by atoms with Crippen molar-refractivity contribution in [3.8, 4) is 0 Å². The number of carbonyl (C=O) groups excluding carboxylic acids is 1. The first-order chi connectivity index (χ1) is 12.5. The van der Waals surface area contributed by atoms with E-state index in [9.17, 15) is 4.79 Å². The topological polar surface area (TPSA) is 60.8 Å². The van der Waals surface area contributed by atoms with Crippen molar-refractivity contribution in [2.75, 3.05) is 26.7 Å². The zero-order valence-corrected chi connectivity index (χ0v) is 16.5. The third kappa shape index (κ3) is 4.74. The smallest absolute Gasteiger partial charge is 0.242 e. The average Bonchev–Trinajstić information content (AvgIpc) is 3.05. The molecule has 8 heteroatoms. The maximum Gasteiger partial charge on any atom is 0.242 e. The molecular formula is C18H22ClN5OS. The van der Waals surface area contributed by atoms with Gasteiger partial charge >= 0.3 is 0 Å². The molecule has 2 heterocycles. The zero-order chi connectivity index (χ0) is 18.5. The van der Waals surface area contributed by atoms with Gasteiger partial charge in [0.15, 0.2) is 5.96 Å². The van der Waals surface area contributed by atoms with Gasteiger partial charge in [0.25, 0.3) is 0 Å². The molecule has 1 aromatic heterocycles. The second-order valence-electron chi connectivity index (χ2n) is 6.15. The molecule has 0 saturated carbocycles. The van der Waals surface area contributed by atoms with E-state index in [1.165, 1.54) is 0 Å². The molecule has 138 valence electrons. The number of carbonyl (C=O) groups is 1. The molecule has 0 bridgehead atoms. The lowest BCUT2D eigenvalue weighted by atomic mass is 10.2. The molecule has 0 atom stereocenters. The molecule has 0 radical (unpaired) electrons. The molecule has 1 aliphatic rings. The summed E-state index contributed by atoms with van der Waals surface area (Å²) in [5.74, 6) is 0.830. The minimum absolute atomic E-state index is 0.0965. The van der Waals surface area contributed by atoms with E-state index in [4.69, 9.17) is 11.6 Å². The van der Waals surface area contributed by atoms with Crippen LogP contribution in [0.15, 0.2) is 34.6 Å². The number of piperazine rings is 1. The van der Waals surface area contributed by atoms with Crippen molar-refractivity contribution >= 4 is 34.8 Å². The van der Waals surface area contributed by atoms with Gasteiger partial charge in [0.1, 0.15) is 5.01 Å². The van der Waals surface area contributed by atoms with Gasteiger partial charge in [-0.2, -0.15) is 0 Å². The van der Waals surface area contributed by atoms with E-state index < -0.39 is 0 Å². The molecule has 1 fully saturated rings. The van der Waals surface area contributed by atoms with Crippen LogP contribution in [0, 0.1) is 6.92 Å². The molecule has 0 aliphatic carbocycles. The highest BCUT2D eigenvalue weighted by Gasteiger charge is 2.26. The molecule has 26 heavy (non-hydrogen) atoms. The Bertz CT molecular complexity index is 789. The van der Waals surface area contributed by atoms with Crippen molar-refractivity contribution in [3.63, 3.8) is 0 Å². The third-order valence-electron chi connectivity index (χ3n) is 4.18. The van der Waals surface area contributed by atoms with Crippen molar-refractivity contribution in [1.82, 2.24) is 20.1 Å². The SMILES string of the molecule is CN=C(NCc1nc(C)cs1)N1CCN(Cc2ccc(Cl)cc2)C(=O)C1. The van der Waals surface area contributed by atoms with Crippen LogP contribution in [0.1, 0.15) is 16.3 Å². The molecule has 1 aromatic carbocycles. The van der Waals surface area contributed by atoms with E-state index in [1.807, 2.05) is 46.4 Å². The summed E-state index contributed by atoms with van der Waals surface area (Å²) in [4.78, 5) is 25.1. The number of hydrogen-bond acceptors (Lipinski definition) is 4. The molecule has 0 unspecified atom stereocenters. The quantitative estimate of drug-likeness (QED) is 0.642. The van der Waals surface area contributed by atoms with Gasteiger partial charge in [-0.25, -0.2) is 4.98 Å². The molecular weight excluding hydrogens is 370 g/mol. The average molecular weight is 392 g/mol. The number of nitrogens with one attached hydrogen (secondary N) is 1. The van der Waals surface area contributed by atoms with Gasteiger partial charge in [-0.3, -0.25) is 9.79 Å². The number of aryl methyl sites for hydroxylation is 1. The van der Waals surface area contributed by atoms with Crippen molar-refractivity contribution in [2.45, 2.75) is 20.0 Å². The number of amides is 1. The predicted octanol–water partition coefficient (Wildman–Crippen LogP) is 2.52. The molecule has 6 nitrogen and oxygen atoms in total. The van der Waals surface area contributed by atoms with E-state index in [2.05, 4.69) is 15.3 Å². The number of aromatic nitrogens is 1. The van der Waals surface area contributed by atoms with Crippen LogP contribution in [0.4, 0.5) is 0 Å². The van der Waals surface area contributed by atoms with Crippen LogP contribution < -0.4 is 5.32 Å². The first-order valence-electron chi connectivity index (χ1n) is 8.44. The Labute approximate surface area is 162 Å². The van der Waals surface area contributed by atoms with Gasteiger partial charge in [0.05, 0.1) is 13.1 Å². The highest BCUT2D eigenvalue weighted by molar-refractivity contribution is 7.09. The lowest BCUT2D eigenvalue weighted by molar-refractivity contribution is -0.135. The number of aliphatic imine (C=N–C) groups is 1. The van der Waals surface area contributed by atoms with Gasteiger partial charge in [0, 0.05) is 42.8 Å².